The third-order valence-electron chi connectivity index (χ3n) is 1.76. The third kappa shape index (κ3) is 2.89. The van der Waals surface area contributed by atoms with Crippen LogP contribution in [0.4, 0.5) is 8.78 Å². The van der Waals surface area contributed by atoms with Crippen LogP contribution in [0.5, 0.6) is 0 Å². The van der Waals surface area contributed by atoms with Gasteiger partial charge in [0, 0.05) is 5.56 Å². The number of hydrogen-bond acceptors (Lipinski definition) is 2. The first-order valence-corrected chi connectivity index (χ1v) is 4.72. The van der Waals surface area contributed by atoms with Crippen molar-refractivity contribution in [3.8, 4) is 0 Å². The summed E-state index contributed by atoms with van der Waals surface area (Å²) >= 11 is 5.35. The Labute approximate surface area is 90.8 Å². The van der Waals surface area contributed by atoms with Gasteiger partial charge in [0.25, 0.3) is 0 Å². The smallest absolute Gasteiger partial charge is 0.310 e. The number of rotatable bonds is 3. The molecule has 1 aromatic carbocycles. The van der Waals surface area contributed by atoms with E-state index in [0.717, 1.165) is 0 Å². The van der Waals surface area contributed by atoms with Crippen molar-refractivity contribution in [2.75, 3.05) is 6.61 Å². The molecule has 0 unspecified atom stereocenters. The van der Waals surface area contributed by atoms with Crippen LogP contribution in [0.15, 0.2) is 12.1 Å². The van der Waals surface area contributed by atoms with E-state index in [1.165, 1.54) is 12.1 Å². The standard InChI is InChI=1S/C10H9ClF2O2/c1-2-15-8(14)5-6-3-4-7(11)10(13)9(6)12/h3-4H,2,5H2,1H3. The Morgan fingerprint density at radius 3 is 2.67 bits per heavy atom. The van der Waals surface area contributed by atoms with Crippen LogP contribution >= 0.6 is 11.6 Å². The molecule has 0 fully saturated rings. The molecule has 82 valence electrons. The van der Waals surface area contributed by atoms with E-state index in [9.17, 15) is 13.6 Å². The minimum Gasteiger partial charge on any atom is -0.466 e. The van der Waals surface area contributed by atoms with Crippen LogP contribution in [0.2, 0.25) is 5.02 Å². The second kappa shape index (κ2) is 5.07. The van der Waals surface area contributed by atoms with Crippen molar-refractivity contribution < 1.29 is 18.3 Å². The highest BCUT2D eigenvalue weighted by Gasteiger charge is 2.14. The van der Waals surface area contributed by atoms with Gasteiger partial charge in [0.05, 0.1) is 18.1 Å². The largest absolute Gasteiger partial charge is 0.466 e. The van der Waals surface area contributed by atoms with E-state index in [2.05, 4.69) is 4.74 Å². The molecule has 0 heterocycles. The zero-order valence-electron chi connectivity index (χ0n) is 8.02. The number of ether oxygens (including phenoxy) is 1. The second-order valence-electron chi connectivity index (χ2n) is 2.82. The first-order valence-electron chi connectivity index (χ1n) is 4.34. The van der Waals surface area contributed by atoms with Crippen molar-refractivity contribution in [3.05, 3.63) is 34.4 Å². The molecule has 5 heteroatoms. The van der Waals surface area contributed by atoms with Gasteiger partial charge < -0.3 is 4.74 Å². The Morgan fingerprint density at radius 1 is 1.40 bits per heavy atom. The maximum absolute atomic E-state index is 13.2. The zero-order valence-corrected chi connectivity index (χ0v) is 8.78. The van der Waals surface area contributed by atoms with Crippen LogP contribution in [0.3, 0.4) is 0 Å². The molecule has 0 amide bonds. The van der Waals surface area contributed by atoms with Gasteiger partial charge in [-0.2, -0.15) is 0 Å². The van der Waals surface area contributed by atoms with Gasteiger partial charge in [-0.1, -0.05) is 17.7 Å². The molecule has 0 atom stereocenters. The molecule has 0 aromatic heterocycles. The summed E-state index contributed by atoms with van der Waals surface area (Å²) in [6.07, 6.45) is -0.298. The summed E-state index contributed by atoms with van der Waals surface area (Å²) < 4.78 is 30.8. The Bertz CT molecular complexity index is 380. The molecule has 0 aliphatic heterocycles. The summed E-state index contributed by atoms with van der Waals surface area (Å²) in [7, 11) is 0. The van der Waals surface area contributed by atoms with E-state index in [4.69, 9.17) is 11.6 Å². The highest BCUT2D eigenvalue weighted by Crippen LogP contribution is 2.20. The van der Waals surface area contributed by atoms with Crippen LogP contribution in [-0.4, -0.2) is 12.6 Å². The molecule has 0 radical (unpaired) electrons. The molecular weight excluding hydrogens is 226 g/mol. The minimum atomic E-state index is -1.14. The predicted octanol–water partition coefficient (Wildman–Crippen LogP) is 2.72. The van der Waals surface area contributed by atoms with Gasteiger partial charge in [-0.3, -0.25) is 4.79 Å². The molecule has 1 rings (SSSR count). The molecule has 15 heavy (non-hydrogen) atoms. The highest BCUT2D eigenvalue weighted by atomic mass is 35.5. The SMILES string of the molecule is CCOC(=O)Cc1ccc(Cl)c(F)c1F. The lowest BCUT2D eigenvalue weighted by atomic mass is 10.1. The normalized spacial score (nSPS) is 10.1. The fourth-order valence-electron chi connectivity index (χ4n) is 1.07. The Morgan fingerprint density at radius 2 is 2.07 bits per heavy atom. The number of esters is 1. The third-order valence-corrected chi connectivity index (χ3v) is 2.05. The van der Waals surface area contributed by atoms with Gasteiger partial charge in [-0.25, -0.2) is 8.78 Å². The lowest BCUT2D eigenvalue weighted by Gasteiger charge is -2.04. The number of carbonyl (C=O) groups is 1. The van der Waals surface area contributed by atoms with E-state index in [1.54, 1.807) is 6.92 Å². The molecule has 0 aliphatic rings. The molecule has 0 saturated heterocycles. The lowest BCUT2D eigenvalue weighted by molar-refractivity contribution is -0.142. The molecular formula is C10H9ClF2O2. The van der Waals surface area contributed by atoms with E-state index < -0.39 is 17.6 Å². The van der Waals surface area contributed by atoms with E-state index >= 15 is 0 Å². The Kier molecular flexibility index (Phi) is 4.03. The number of benzene rings is 1. The average Bonchev–Trinajstić information content (AvgIpc) is 2.20. The van der Waals surface area contributed by atoms with Crippen molar-refractivity contribution in [1.82, 2.24) is 0 Å². The van der Waals surface area contributed by atoms with Gasteiger partial charge in [-0.15, -0.1) is 0 Å². The van der Waals surface area contributed by atoms with E-state index in [0.29, 0.717) is 0 Å². The van der Waals surface area contributed by atoms with Crippen LogP contribution < -0.4 is 0 Å². The summed E-state index contributed by atoms with van der Waals surface area (Å²) in [5, 5.41) is -0.305. The van der Waals surface area contributed by atoms with Crippen molar-refractivity contribution in [2.24, 2.45) is 0 Å². The second-order valence-corrected chi connectivity index (χ2v) is 3.22. The van der Waals surface area contributed by atoms with Gasteiger partial charge in [0.1, 0.15) is 0 Å². The summed E-state index contributed by atoms with van der Waals surface area (Å²) in [4.78, 5) is 11.0. The molecule has 0 aliphatic carbocycles. The highest BCUT2D eigenvalue weighted by molar-refractivity contribution is 6.30. The number of halogens is 3. The predicted molar refractivity (Wildman–Crippen MR) is 51.7 cm³/mol. The summed E-state index contributed by atoms with van der Waals surface area (Å²) in [5.74, 6) is -2.84. The summed E-state index contributed by atoms with van der Waals surface area (Å²) in [6, 6.07) is 2.46. The molecule has 0 N–H and O–H groups in total. The van der Waals surface area contributed by atoms with Crippen molar-refractivity contribution >= 4 is 17.6 Å². The van der Waals surface area contributed by atoms with Gasteiger partial charge in [-0.05, 0) is 13.0 Å². The fourth-order valence-corrected chi connectivity index (χ4v) is 1.22. The van der Waals surface area contributed by atoms with Crippen LogP contribution in [0.1, 0.15) is 12.5 Å². The van der Waals surface area contributed by atoms with Crippen molar-refractivity contribution in [1.29, 1.82) is 0 Å². The molecule has 2 nitrogen and oxygen atoms in total. The topological polar surface area (TPSA) is 26.3 Å². The van der Waals surface area contributed by atoms with Crippen molar-refractivity contribution in [2.45, 2.75) is 13.3 Å². The molecule has 0 spiro atoms. The molecule has 0 bridgehead atoms. The summed E-state index contributed by atoms with van der Waals surface area (Å²) in [6.45, 7) is 1.84. The van der Waals surface area contributed by atoms with E-state index in [-0.39, 0.29) is 23.6 Å². The number of hydrogen-bond donors (Lipinski definition) is 0. The maximum atomic E-state index is 13.2. The van der Waals surface area contributed by atoms with Crippen LogP contribution in [0, 0.1) is 11.6 Å². The van der Waals surface area contributed by atoms with Crippen LogP contribution in [-0.2, 0) is 16.0 Å². The first-order chi connectivity index (χ1) is 7.06. The van der Waals surface area contributed by atoms with E-state index in [1.807, 2.05) is 0 Å². The summed E-state index contributed by atoms with van der Waals surface area (Å²) in [5.41, 5.74) is -0.0599. The lowest BCUT2D eigenvalue weighted by Crippen LogP contribution is -2.09. The van der Waals surface area contributed by atoms with Crippen molar-refractivity contribution in [3.63, 3.8) is 0 Å². The maximum Gasteiger partial charge on any atom is 0.310 e. The first kappa shape index (κ1) is 11.9. The van der Waals surface area contributed by atoms with Crippen LogP contribution in [0.25, 0.3) is 0 Å². The quantitative estimate of drug-likeness (QED) is 0.594. The van der Waals surface area contributed by atoms with Gasteiger partial charge >= 0.3 is 5.97 Å². The number of carbonyl (C=O) groups excluding carboxylic acids is 1. The van der Waals surface area contributed by atoms with Gasteiger partial charge in [0.15, 0.2) is 11.6 Å². The Balaban J connectivity index is 2.87. The van der Waals surface area contributed by atoms with Gasteiger partial charge in [0.2, 0.25) is 0 Å². The Hall–Kier alpha value is -1.16. The fraction of sp³-hybridized carbons (Fsp3) is 0.300. The molecule has 1 aromatic rings. The minimum absolute atomic E-state index is 0.0599. The monoisotopic (exact) mass is 234 g/mol. The average molecular weight is 235 g/mol. The molecule has 0 saturated carbocycles. The zero-order chi connectivity index (χ0) is 11.4.